The molecule has 1 aromatic carbocycles. The van der Waals surface area contributed by atoms with Crippen LogP contribution >= 0.6 is 24.0 Å². The van der Waals surface area contributed by atoms with Crippen molar-refractivity contribution >= 4 is 39.9 Å². The van der Waals surface area contributed by atoms with Gasteiger partial charge in [-0.1, -0.05) is 30.9 Å². The first-order chi connectivity index (χ1) is 12.8. The maximum atomic E-state index is 12.6. The van der Waals surface area contributed by atoms with Crippen LogP contribution in [0.15, 0.2) is 12.1 Å². The number of methoxy groups -OCH3 is 3. The molecule has 148 valence electrons. The van der Waals surface area contributed by atoms with Crippen molar-refractivity contribution < 1.29 is 23.9 Å². The largest absolute Gasteiger partial charge is 0.496 e. The molecule has 0 spiro atoms. The van der Waals surface area contributed by atoms with E-state index in [1.165, 1.54) is 39.2 Å². The molecule has 8 nitrogen and oxygen atoms in total. The van der Waals surface area contributed by atoms with E-state index in [0.717, 1.165) is 5.75 Å². The van der Waals surface area contributed by atoms with E-state index in [1.807, 2.05) is 6.92 Å². The van der Waals surface area contributed by atoms with Gasteiger partial charge >= 0.3 is 5.69 Å². The molecular weight excluding hydrogens is 392 g/mol. The maximum Gasteiger partial charge on any atom is 0.315 e. The minimum absolute atomic E-state index is 0.0871. The van der Waals surface area contributed by atoms with Crippen LogP contribution in [0.3, 0.4) is 0 Å². The van der Waals surface area contributed by atoms with E-state index in [1.54, 1.807) is 11.0 Å². The van der Waals surface area contributed by atoms with Gasteiger partial charge in [-0.15, -0.1) is 0 Å². The molecule has 10 heteroatoms. The van der Waals surface area contributed by atoms with Crippen molar-refractivity contribution in [2.45, 2.75) is 19.4 Å². The summed E-state index contributed by atoms with van der Waals surface area (Å²) in [5.74, 6) is 0.851. The minimum atomic E-state index is -0.596. The third kappa shape index (κ3) is 4.69. The first-order valence-corrected chi connectivity index (χ1v) is 9.63. The number of ether oxygens (including phenoxy) is 3. The summed E-state index contributed by atoms with van der Waals surface area (Å²) in [4.78, 5) is 25.1. The van der Waals surface area contributed by atoms with Crippen molar-refractivity contribution in [3.8, 4) is 11.5 Å². The van der Waals surface area contributed by atoms with E-state index in [2.05, 4.69) is 0 Å². The summed E-state index contributed by atoms with van der Waals surface area (Å²) in [6, 6.07) is 2.93. The van der Waals surface area contributed by atoms with Gasteiger partial charge in [0.25, 0.3) is 0 Å². The molecule has 1 aliphatic rings. The third-order valence-electron chi connectivity index (χ3n) is 4.34. The van der Waals surface area contributed by atoms with Crippen LogP contribution in [0.4, 0.5) is 5.69 Å². The predicted molar refractivity (Wildman–Crippen MR) is 107 cm³/mol. The van der Waals surface area contributed by atoms with Gasteiger partial charge in [0.05, 0.1) is 31.3 Å². The molecule has 2 rings (SSSR count). The summed E-state index contributed by atoms with van der Waals surface area (Å²) in [7, 11) is 4.28. The molecule has 1 saturated heterocycles. The van der Waals surface area contributed by atoms with E-state index in [0.29, 0.717) is 22.2 Å². The lowest BCUT2D eigenvalue weighted by molar-refractivity contribution is -0.385. The Kier molecular flexibility index (Phi) is 7.40. The number of rotatable bonds is 8. The highest BCUT2D eigenvalue weighted by Crippen LogP contribution is 2.42. The number of nitrogens with zero attached hydrogens (tertiary/aromatic N) is 2. The van der Waals surface area contributed by atoms with Crippen LogP contribution < -0.4 is 9.47 Å². The van der Waals surface area contributed by atoms with Crippen molar-refractivity contribution in [3.05, 3.63) is 27.8 Å². The molecule has 0 radical (unpaired) electrons. The fourth-order valence-corrected chi connectivity index (χ4v) is 4.31. The highest BCUT2D eigenvalue weighted by atomic mass is 32.2. The molecule has 2 atom stereocenters. The Morgan fingerprint density at radius 2 is 2.07 bits per heavy atom. The molecule has 1 fully saturated rings. The van der Waals surface area contributed by atoms with Gasteiger partial charge in [0.15, 0.2) is 0 Å². The van der Waals surface area contributed by atoms with Gasteiger partial charge in [-0.2, -0.15) is 0 Å². The van der Waals surface area contributed by atoms with Crippen molar-refractivity contribution in [1.82, 2.24) is 4.90 Å². The molecule has 1 aromatic rings. The number of nitro groups is 1. The van der Waals surface area contributed by atoms with Crippen molar-refractivity contribution in [3.63, 3.8) is 0 Å². The number of thioether (sulfide) groups is 1. The first-order valence-electron chi connectivity index (χ1n) is 8.24. The quantitative estimate of drug-likeness (QED) is 0.364. The summed E-state index contributed by atoms with van der Waals surface area (Å²) in [5, 5.41) is 11.4. The standard InChI is InChI=1S/C17H22N2O6S2/c1-10(7-14(20)18-5-6-27-17(18)26)15(24-3)12-8-11(23-2)9-13(19(21)22)16(12)25-4/h8-10,15H,5-7H2,1-4H3/t10-,15+/m0/s1. The molecule has 1 heterocycles. The zero-order valence-corrected chi connectivity index (χ0v) is 17.2. The number of amides is 1. The van der Waals surface area contributed by atoms with Crippen LogP contribution in [-0.2, 0) is 9.53 Å². The number of benzene rings is 1. The molecule has 0 unspecified atom stereocenters. The first kappa shape index (κ1) is 21.4. The average molecular weight is 415 g/mol. The molecule has 0 N–H and O–H groups in total. The van der Waals surface area contributed by atoms with Crippen LogP contribution in [0.1, 0.15) is 25.0 Å². The topological polar surface area (TPSA) is 91.1 Å². The molecule has 0 saturated carbocycles. The molecule has 0 bridgehead atoms. The van der Waals surface area contributed by atoms with Gasteiger partial charge in [-0.3, -0.25) is 19.8 Å². The summed E-state index contributed by atoms with van der Waals surface area (Å²) >= 11 is 6.68. The van der Waals surface area contributed by atoms with E-state index >= 15 is 0 Å². The SMILES string of the molecule is COc1cc([C@H](OC)[C@@H](C)CC(=O)N2CCSC2=S)c(OC)c([N+](=O)[O-])c1. The Bertz CT molecular complexity index is 742. The predicted octanol–water partition coefficient (Wildman–Crippen LogP) is 3.19. The van der Waals surface area contributed by atoms with E-state index in [4.69, 9.17) is 26.4 Å². The van der Waals surface area contributed by atoms with Gasteiger partial charge in [-0.25, -0.2) is 0 Å². The van der Waals surface area contributed by atoms with Gasteiger partial charge in [-0.05, 0) is 12.0 Å². The monoisotopic (exact) mass is 414 g/mol. The Morgan fingerprint density at radius 3 is 2.56 bits per heavy atom. The fraction of sp³-hybridized carbons (Fsp3) is 0.529. The summed E-state index contributed by atoms with van der Waals surface area (Å²) in [6.07, 6.45) is -0.408. The zero-order chi connectivity index (χ0) is 20.1. The summed E-state index contributed by atoms with van der Waals surface area (Å²) in [6.45, 7) is 2.45. The van der Waals surface area contributed by atoms with Crippen LogP contribution in [0.25, 0.3) is 0 Å². The zero-order valence-electron chi connectivity index (χ0n) is 15.6. The molecule has 27 heavy (non-hydrogen) atoms. The van der Waals surface area contributed by atoms with Crippen LogP contribution in [0.2, 0.25) is 0 Å². The lowest BCUT2D eigenvalue weighted by atomic mass is 9.92. The normalized spacial score (nSPS) is 16.1. The Balaban J connectivity index is 2.34. The number of nitro benzene ring substituents is 1. The third-order valence-corrected chi connectivity index (χ3v) is 5.77. The second kappa shape index (κ2) is 9.34. The second-order valence-corrected chi connectivity index (χ2v) is 7.75. The summed E-state index contributed by atoms with van der Waals surface area (Å²) in [5.41, 5.74) is 0.245. The number of hydrogen-bond acceptors (Lipinski definition) is 8. The lowest BCUT2D eigenvalue weighted by Crippen LogP contribution is -2.32. The molecular formula is C17H22N2O6S2. The Morgan fingerprint density at radius 1 is 1.37 bits per heavy atom. The van der Waals surface area contributed by atoms with E-state index in [9.17, 15) is 14.9 Å². The van der Waals surface area contributed by atoms with Gasteiger partial charge in [0.2, 0.25) is 11.7 Å². The van der Waals surface area contributed by atoms with Crippen LogP contribution in [-0.4, -0.2) is 53.7 Å². The molecule has 1 aliphatic heterocycles. The molecule has 1 amide bonds. The average Bonchev–Trinajstić information content (AvgIpc) is 3.07. The number of hydrogen-bond donors (Lipinski definition) is 0. The second-order valence-electron chi connectivity index (χ2n) is 6.02. The van der Waals surface area contributed by atoms with E-state index in [-0.39, 0.29) is 29.7 Å². The Labute approximate surface area is 167 Å². The lowest BCUT2D eigenvalue weighted by Gasteiger charge is -2.26. The maximum absolute atomic E-state index is 12.6. The highest BCUT2D eigenvalue weighted by molar-refractivity contribution is 8.23. The summed E-state index contributed by atoms with van der Waals surface area (Å²) < 4.78 is 16.7. The highest BCUT2D eigenvalue weighted by Gasteiger charge is 2.32. The molecule has 0 aliphatic carbocycles. The van der Waals surface area contributed by atoms with Crippen molar-refractivity contribution in [1.29, 1.82) is 0 Å². The van der Waals surface area contributed by atoms with Crippen LogP contribution in [0.5, 0.6) is 11.5 Å². The van der Waals surface area contributed by atoms with Crippen LogP contribution in [0, 0.1) is 16.0 Å². The van der Waals surface area contributed by atoms with E-state index < -0.39 is 11.0 Å². The van der Waals surface area contributed by atoms with Gasteiger partial charge in [0.1, 0.15) is 10.1 Å². The fourth-order valence-electron chi connectivity index (χ4n) is 3.07. The van der Waals surface area contributed by atoms with Gasteiger partial charge < -0.3 is 14.2 Å². The smallest absolute Gasteiger partial charge is 0.315 e. The van der Waals surface area contributed by atoms with Crippen molar-refractivity contribution in [2.24, 2.45) is 5.92 Å². The molecule has 0 aromatic heterocycles. The van der Waals surface area contributed by atoms with Gasteiger partial charge in [0, 0.05) is 31.4 Å². The minimum Gasteiger partial charge on any atom is -0.496 e. The van der Waals surface area contributed by atoms with Crippen molar-refractivity contribution in [2.75, 3.05) is 33.6 Å². The number of carbonyl (C=O) groups is 1. The Hall–Kier alpha value is -1.91. The number of carbonyl (C=O) groups excluding carboxylic acids is 1. The number of thiocarbonyl (C=S) groups is 1.